The molecule has 0 N–H and O–H groups in total. The molecule has 0 atom stereocenters. The number of para-hydroxylation sites is 2. The van der Waals surface area contributed by atoms with E-state index in [0.29, 0.717) is 0 Å². The van der Waals surface area contributed by atoms with Crippen LogP contribution in [0.1, 0.15) is 0 Å². The first-order valence-electron chi connectivity index (χ1n) is 16.6. The molecule has 0 radical (unpaired) electrons. The van der Waals surface area contributed by atoms with Gasteiger partial charge in [-0.15, -0.1) is 11.3 Å². The lowest BCUT2D eigenvalue weighted by Crippen LogP contribution is -2.11. The SMILES string of the molecule is c1ccc(N(c2ccc(-c3ccc4oc5ccccc5c4c3)cc2)c2cccc3ccccc23)c(-c2cccc3sc4ccccc4c23)c1. The molecule has 0 amide bonds. The van der Waals surface area contributed by atoms with Crippen molar-refractivity contribution in [3.63, 3.8) is 0 Å². The first-order valence-corrected chi connectivity index (χ1v) is 17.4. The summed E-state index contributed by atoms with van der Waals surface area (Å²) in [5.74, 6) is 0. The van der Waals surface area contributed by atoms with E-state index in [-0.39, 0.29) is 0 Å². The Morgan fingerprint density at radius 3 is 1.96 bits per heavy atom. The molecule has 2 nitrogen and oxygen atoms in total. The molecule has 10 aromatic rings. The lowest BCUT2D eigenvalue weighted by Gasteiger charge is -2.29. The Kier molecular flexibility index (Phi) is 6.39. The number of furan rings is 1. The van der Waals surface area contributed by atoms with Crippen LogP contribution in [-0.4, -0.2) is 0 Å². The fourth-order valence-corrected chi connectivity index (χ4v) is 8.55. The third kappa shape index (κ3) is 4.55. The minimum atomic E-state index is 0.911. The molecule has 49 heavy (non-hydrogen) atoms. The molecule has 8 aromatic carbocycles. The monoisotopic (exact) mass is 643 g/mol. The molecule has 230 valence electrons. The summed E-state index contributed by atoms with van der Waals surface area (Å²) in [7, 11) is 0. The average molecular weight is 644 g/mol. The summed E-state index contributed by atoms with van der Waals surface area (Å²) in [6, 6.07) is 63.3. The van der Waals surface area contributed by atoms with E-state index in [1.807, 2.05) is 23.5 Å². The third-order valence-corrected chi connectivity index (χ3v) is 10.8. The molecular formula is C46H29NOS. The van der Waals surface area contributed by atoms with Gasteiger partial charge in [0.25, 0.3) is 0 Å². The summed E-state index contributed by atoms with van der Waals surface area (Å²) in [4.78, 5) is 2.43. The summed E-state index contributed by atoms with van der Waals surface area (Å²) < 4.78 is 8.73. The quantitative estimate of drug-likeness (QED) is 0.186. The van der Waals surface area contributed by atoms with Crippen LogP contribution in [0.3, 0.4) is 0 Å². The summed E-state index contributed by atoms with van der Waals surface area (Å²) in [6.45, 7) is 0. The van der Waals surface area contributed by atoms with Crippen molar-refractivity contribution in [1.29, 1.82) is 0 Å². The van der Waals surface area contributed by atoms with Crippen molar-refractivity contribution in [2.24, 2.45) is 0 Å². The number of rotatable bonds is 5. The Balaban J connectivity index is 1.17. The summed E-state index contributed by atoms with van der Waals surface area (Å²) in [5, 5.41) is 7.31. The van der Waals surface area contributed by atoms with Crippen LogP contribution in [0.25, 0.3) is 75.1 Å². The smallest absolute Gasteiger partial charge is 0.135 e. The second-order valence-corrected chi connectivity index (χ2v) is 13.6. The van der Waals surface area contributed by atoms with Crippen LogP contribution in [0, 0.1) is 0 Å². The van der Waals surface area contributed by atoms with Gasteiger partial charge in [-0.2, -0.15) is 0 Å². The highest BCUT2D eigenvalue weighted by molar-refractivity contribution is 7.25. The molecular weight excluding hydrogens is 615 g/mol. The Morgan fingerprint density at radius 2 is 1.04 bits per heavy atom. The van der Waals surface area contributed by atoms with E-state index in [0.717, 1.165) is 44.6 Å². The predicted molar refractivity (Wildman–Crippen MR) is 210 cm³/mol. The Bertz CT molecular complexity index is 2840. The highest BCUT2D eigenvalue weighted by Crippen LogP contribution is 2.47. The zero-order chi connectivity index (χ0) is 32.3. The zero-order valence-electron chi connectivity index (χ0n) is 26.5. The summed E-state index contributed by atoms with van der Waals surface area (Å²) in [5.41, 5.74) is 9.99. The lowest BCUT2D eigenvalue weighted by molar-refractivity contribution is 0.669. The molecule has 0 saturated carbocycles. The van der Waals surface area contributed by atoms with Crippen molar-refractivity contribution in [3.8, 4) is 22.3 Å². The third-order valence-electron chi connectivity index (χ3n) is 9.68. The van der Waals surface area contributed by atoms with Gasteiger partial charge in [-0.3, -0.25) is 0 Å². The number of anilines is 3. The predicted octanol–water partition coefficient (Wildman–Crippen LogP) is 13.9. The Hall–Kier alpha value is -6.16. The fourth-order valence-electron chi connectivity index (χ4n) is 7.42. The molecule has 0 unspecified atom stereocenters. The van der Waals surface area contributed by atoms with E-state index in [9.17, 15) is 0 Å². The van der Waals surface area contributed by atoms with Gasteiger partial charge in [0, 0.05) is 47.6 Å². The average Bonchev–Trinajstić information content (AvgIpc) is 3.74. The van der Waals surface area contributed by atoms with E-state index in [2.05, 4.69) is 169 Å². The van der Waals surface area contributed by atoms with Crippen LogP contribution in [0.2, 0.25) is 0 Å². The van der Waals surface area contributed by atoms with Gasteiger partial charge in [0.05, 0.1) is 11.4 Å². The molecule has 2 aromatic heterocycles. The maximum atomic E-state index is 6.11. The first kappa shape index (κ1) is 27.9. The minimum absolute atomic E-state index is 0.911. The number of nitrogens with zero attached hydrogens (tertiary/aromatic N) is 1. The Labute approximate surface area is 287 Å². The number of hydrogen-bond donors (Lipinski definition) is 0. The number of hydrogen-bond acceptors (Lipinski definition) is 3. The second kappa shape index (κ2) is 11.2. The van der Waals surface area contributed by atoms with Crippen LogP contribution in [0.4, 0.5) is 17.1 Å². The highest BCUT2D eigenvalue weighted by Gasteiger charge is 2.21. The van der Waals surface area contributed by atoms with Gasteiger partial charge in [0.2, 0.25) is 0 Å². The largest absolute Gasteiger partial charge is 0.456 e. The molecule has 0 aliphatic carbocycles. The number of benzene rings is 8. The molecule has 0 aliphatic heterocycles. The van der Waals surface area contributed by atoms with Crippen LogP contribution >= 0.6 is 11.3 Å². The van der Waals surface area contributed by atoms with E-state index in [1.54, 1.807) is 0 Å². The maximum absolute atomic E-state index is 6.11. The summed E-state index contributed by atoms with van der Waals surface area (Å²) in [6.07, 6.45) is 0. The molecule has 0 bridgehead atoms. The molecule has 0 aliphatic rings. The van der Waals surface area contributed by atoms with Gasteiger partial charge in [-0.25, -0.2) is 0 Å². The molecule has 0 fully saturated rings. The second-order valence-electron chi connectivity index (χ2n) is 12.5. The van der Waals surface area contributed by atoms with Gasteiger partial charge in [0.1, 0.15) is 11.2 Å². The number of fused-ring (bicyclic) bond motifs is 7. The van der Waals surface area contributed by atoms with Crippen molar-refractivity contribution in [1.82, 2.24) is 0 Å². The lowest BCUT2D eigenvalue weighted by atomic mass is 9.96. The fraction of sp³-hybridized carbons (Fsp3) is 0. The standard InChI is InChI=1S/C46H29NOS/c1-2-13-34-31(11-1)12-9-19-40(34)47(33-26-23-30(24-27-33)32-25-28-43-39(29-32)36-15-4-7-20-42(36)48-43)41-18-6-3-14-35(41)37-17-10-22-45-46(37)38-16-5-8-21-44(38)49-45/h1-29H. The van der Waals surface area contributed by atoms with Crippen molar-refractivity contribution in [2.45, 2.75) is 0 Å². The maximum Gasteiger partial charge on any atom is 0.135 e. The van der Waals surface area contributed by atoms with Crippen molar-refractivity contribution < 1.29 is 4.42 Å². The molecule has 3 heteroatoms. The molecule has 10 rings (SSSR count). The Morgan fingerprint density at radius 1 is 0.408 bits per heavy atom. The molecule has 2 heterocycles. The van der Waals surface area contributed by atoms with Gasteiger partial charge < -0.3 is 9.32 Å². The topological polar surface area (TPSA) is 16.4 Å². The van der Waals surface area contributed by atoms with E-state index < -0.39 is 0 Å². The molecule has 0 spiro atoms. The van der Waals surface area contributed by atoms with Gasteiger partial charge in [0.15, 0.2) is 0 Å². The van der Waals surface area contributed by atoms with Crippen LogP contribution < -0.4 is 4.90 Å². The summed E-state index contributed by atoms with van der Waals surface area (Å²) >= 11 is 1.86. The minimum Gasteiger partial charge on any atom is -0.456 e. The van der Waals surface area contributed by atoms with E-state index >= 15 is 0 Å². The van der Waals surface area contributed by atoms with Crippen LogP contribution in [0.15, 0.2) is 180 Å². The highest BCUT2D eigenvalue weighted by atomic mass is 32.1. The van der Waals surface area contributed by atoms with Gasteiger partial charge in [-0.1, -0.05) is 121 Å². The van der Waals surface area contributed by atoms with E-state index in [1.165, 1.54) is 47.6 Å². The first-order chi connectivity index (χ1) is 24.3. The van der Waals surface area contributed by atoms with Crippen LogP contribution in [-0.2, 0) is 0 Å². The van der Waals surface area contributed by atoms with Gasteiger partial charge >= 0.3 is 0 Å². The van der Waals surface area contributed by atoms with Crippen LogP contribution in [0.5, 0.6) is 0 Å². The normalized spacial score (nSPS) is 11.7. The molecule has 0 saturated heterocycles. The van der Waals surface area contributed by atoms with Crippen molar-refractivity contribution >= 4 is 81.3 Å². The van der Waals surface area contributed by atoms with Crippen molar-refractivity contribution in [3.05, 3.63) is 176 Å². The van der Waals surface area contributed by atoms with Crippen molar-refractivity contribution in [2.75, 3.05) is 4.90 Å². The van der Waals surface area contributed by atoms with Gasteiger partial charge in [-0.05, 0) is 76.7 Å². The zero-order valence-corrected chi connectivity index (χ0v) is 27.3. The number of thiophene rings is 1. The van der Waals surface area contributed by atoms with E-state index in [4.69, 9.17) is 4.42 Å².